The summed E-state index contributed by atoms with van der Waals surface area (Å²) in [7, 11) is 0. The number of hydrogen-bond donors (Lipinski definition) is 0. The first kappa shape index (κ1) is 5.92. The van der Waals surface area contributed by atoms with Crippen LogP contribution in [0, 0.1) is 13.8 Å². The van der Waals surface area contributed by atoms with Crippen molar-refractivity contribution in [3.05, 3.63) is 23.1 Å². The van der Waals surface area contributed by atoms with Crippen molar-refractivity contribution < 1.29 is 0 Å². The smallest absolute Gasteiger partial charge is 0.122 e. The largest absolute Gasteiger partial charge is 0.296 e. The van der Waals surface area contributed by atoms with Crippen molar-refractivity contribution in [1.82, 2.24) is 9.38 Å². The van der Waals surface area contributed by atoms with E-state index in [1.807, 2.05) is 13.3 Å². The summed E-state index contributed by atoms with van der Waals surface area (Å²) in [5, 5.41) is 0. The number of aromatic nitrogens is 2. The van der Waals surface area contributed by atoms with E-state index in [1.54, 1.807) is 11.3 Å². The second kappa shape index (κ2) is 1.83. The molecule has 0 unspecified atom stereocenters. The summed E-state index contributed by atoms with van der Waals surface area (Å²) in [6.45, 7) is 4.14. The van der Waals surface area contributed by atoms with Crippen LogP contribution in [0.1, 0.15) is 10.6 Å². The molecule has 0 aliphatic rings. The van der Waals surface area contributed by atoms with E-state index < -0.39 is 0 Å². The van der Waals surface area contributed by atoms with E-state index >= 15 is 0 Å². The minimum atomic E-state index is 1.12. The van der Waals surface area contributed by atoms with Gasteiger partial charge in [0.1, 0.15) is 11.2 Å². The third-order valence-corrected chi connectivity index (χ3v) is 2.63. The number of rotatable bonds is 0. The van der Waals surface area contributed by atoms with Gasteiger partial charge in [-0.1, -0.05) is 0 Å². The van der Waals surface area contributed by atoms with Gasteiger partial charge in [-0.2, -0.15) is 0 Å². The Morgan fingerprint density at radius 2 is 2.30 bits per heavy atom. The van der Waals surface area contributed by atoms with Gasteiger partial charge in [-0.25, -0.2) is 4.98 Å². The molecular formula is C7H8N2S. The van der Waals surface area contributed by atoms with Crippen molar-refractivity contribution in [2.24, 2.45) is 0 Å². The Labute approximate surface area is 63.1 Å². The molecule has 0 aliphatic carbocycles. The first-order chi connectivity index (χ1) is 4.77. The monoisotopic (exact) mass is 152 g/mol. The van der Waals surface area contributed by atoms with Gasteiger partial charge in [-0.15, -0.1) is 11.3 Å². The number of hydrogen-bond acceptors (Lipinski definition) is 2. The lowest BCUT2D eigenvalue weighted by molar-refractivity contribution is 1.16. The second-order valence-electron chi connectivity index (χ2n) is 2.38. The predicted molar refractivity (Wildman–Crippen MR) is 42.5 cm³/mol. The maximum atomic E-state index is 4.17. The zero-order chi connectivity index (χ0) is 7.14. The van der Waals surface area contributed by atoms with Crippen LogP contribution in [0.15, 0.2) is 12.5 Å². The minimum absolute atomic E-state index is 1.12. The lowest BCUT2D eigenvalue weighted by Gasteiger charge is -1.76. The summed E-state index contributed by atoms with van der Waals surface area (Å²) in [5.74, 6) is 0. The van der Waals surface area contributed by atoms with E-state index in [-0.39, 0.29) is 0 Å². The number of fused-ring (bicyclic) bond motifs is 1. The van der Waals surface area contributed by atoms with E-state index in [0.29, 0.717) is 0 Å². The Hall–Kier alpha value is -0.830. The zero-order valence-corrected chi connectivity index (χ0v) is 6.77. The SMILES string of the molecule is Cc1cn2cnc(C)c2s1. The predicted octanol–water partition coefficient (Wildman–Crippen LogP) is 2.01. The van der Waals surface area contributed by atoms with E-state index in [4.69, 9.17) is 0 Å². The molecule has 0 spiro atoms. The van der Waals surface area contributed by atoms with Gasteiger partial charge < -0.3 is 0 Å². The standard InChI is InChI=1S/C7H8N2S/c1-5-3-9-4-8-6(2)7(9)10-5/h3-4H,1-2H3. The minimum Gasteiger partial charge on any atom is -0.296 e. The van der Waals surface area contributed by atoms with Gasteiger partial charge >= 0.3 is 0 Å². The van der Waals surface area contributed by atoms with Crippen LogP contribution in [-0.4, -0.2) is 9.38 Å². The molecule has 3 heteroatoms. The molecule has 0 aliphatic heterocycles. The van der Waals surface area contributed by atoms with Crippen LogP contribution in [0.3, 0.4) is 0 Å². The molecule has 0 bridgehead atoms. The number of imidazole rings is 1. The molecular weight excluding hydrogens is 144 g/mol. The molecule has 0 radical (unpaired) electrons. The summed E-state index contributed by atoms with van der Waals surface area (Å²) in [5.41, 5.74) is 1.12. The third-order valence-electron chi connectivity index (χ3n) is 1.50. The van der Waals surface area contributed by atoms with Crippen LogP contribution >= 0.6 is 11.3 Å². The van der Waals surface area contributed by atoms with Crippen LogP contribution < -0.4 is 0 Å². The molecule has 2 rings (SSSR count). The molecule has 0 amide bonds. The van der Waals surface area contributed by atoms with Crippen LogP contribution in [-0.2, 0) is 0 Å². The van der Waals surface area contributed by atoms with Crippen molar-refractivity contribution in [2.75, 3.05) is 0 Å². The van der Waals surface area contributed by atoms with Gasteiger partial charge in [0.2, 0.25) is 0 Å². The van der Waals surface area contributed by atoms with Crippen LogP contribution in [0.2, 0.25) is 0 Å². The van der Waals surface area contributed by atoms with Gasteiger partial charge in [0.15, 0.2) is 0 Å². The number of thiazole rings is 1. The fraction of sp³-hybridized carbons (Fsp3) is 0.286. The highest BCUT2D eigenvalue weighted by Gasteiger charge is 2.00. The highest BCUT2D eigenvalue weighted by molar-refractivity contribution is 7.17. The van der Waals surface area contributed by atoms with Crippen molar-refractivity contribution >= 4 is 16.2 Å². The highest BCUT2D eigenvalue weighted by Crippen LogP contribution is 2.18. The van der Waals surface area contributed by atoms with E-state index in [9.17, 15) is 0 Å². The van der Waals surface area contributed by atoms with E-state index in [2.05, 4.69) is 22.5 Å². The lowest BCUT2D eigenvalue weighted by Crippen LogP contribution is -1.68. The lowest BCUT2D eigenvalue weighted by atomic mass is 10.6. The van der Waals surface area contributed by atoms with Gasteiger partial charge in [0.25, 0.3) is 0 Å². The highest BCUT2D eigenvalue weighted by atomic mass is 32.1. The topological polar surface area (TPSA) is 17.3 Å². The van der Waals surface area contributed by atoms with Crippen molar-refractivity contribution in [1.29, 1.82) is 0 Å². The number of nitrogens with zero attached hydrogens (tertiary/aromatic N) is 2. The first-order valence-corrected chi connectivity index (χ1v) is 3.99. The van der Waals surface area contributed by atoms with Gasteiger partial charge in [0, 0.05) is 11.1 Å². The van der Waals surface area contributed by atoms with E-state index in [0.717, 1.165) is 5.69 Å². The molecule has 0 fully saturated rings. The summed E-state index contributed by atoms with van der Waals surface area (Å²) in [6.07, 6.45) is 3.95. The van der Waals surface area contributed by atoms with Gasteiger partial charge in [0.05, 0.1) is 5.69 Å². The molecule has 10 heavy (non-hydrogen) atoms. The van der Waals surface area contributed by atoms with Crippen LogP contribution in [0.5, 0.6) is 0 Å². The maximum Gasteiger partial charge on any atom is 0.122 e. The first-order valence-electron chi connectivity index (χ1n) is 3.17. The average molecular weight is 152 g/mol. The molecule has 0 aromatic carbocycles. The fourth-order valence-corrected chi connectivity index (χ4v) is 1.91. The Morgan fingerprint density at radius 1 is 1.50 bits per heavy atom. The van der Waals surface area contributed by atoms with E-state index in [1.165, 1.54) is 9.71 Å². The molecule has 0 saturated heterocycles. The molecule has 2 heterocycles. The van der Waals surface area contributed by atoms with Crippen molar-refractivity contribution in [3.8, 4) is 0 Å². The summed E-state index contributed by atoms with van der Waals surface area (Å²) < 4.78 is 2.06. The van der Waals surface area contributed by atoms with Gasteiger partial charge in [-0.3, -0.25) is 4.40 Å². The quantitative estimate of drug-likeness (QED) is 0.564. The molecule has 0 saturated carbocycles. The van der Waals surface area contributed by atoms with Gasteiger partial charge in [-0.05, 0) is 13.8 Å². The fourth-order valence-electron chi connectivity index (χ4n) is 1.04. The second-order valence-corrected chi connectivity index (χ2v) is 3.62. The Kier molecular flexibility index (Phi) is 1.08. The molecule has 0 N–H and O–H groups in total. The molecule has 2 nitrogen and oxygen atoms in total. The molecule has 2 aromatic rings. The Morgan fingerprint density at radius 3 is 3.00 bits per heavy atom. The average Bonchev–Trinajstić information content (AvgIpc) is 2.35. The summed E-state index contributed by atoms with van der Waals surface area (Å²) >= 11 is 1.79. The molecule has 0 atom stereocenters. The van der Waals surface area contributed by atoms with Crippen molar-refractivity contribution in [2.45, 2.75) is 13.8 Å². The third kappa shape index (κ3) is 0.671. The Balaban J connectivity index is 2.90. The van der Waals surface area contributed by atoms with Crippen molar-refractivity contribution in [3.63, 3.8) is 0 Å². The summed E-state index contributed by atoms with van der Waals surface area (Å²) in [4.78, 5) is 6.77. The molecule has 52 valence electrons. The Bertz CT molecular complexity index is 358. The number of aryl methyl sites for hydroxylation is 2. The normalized spacial score (nSPS) is 11.0. The summed E-state index contributed by atoms with van der Waals surface area (Å²) in [6, 6.07) is 0. The molecule has 2 aromatic heterocycles. The maximum absolute atomic E-state index is 4.17. The van der Waals surface area contributed by atoms with Crippen LogP contribution in [0.4, 0.5) is 0 Å². The zero-order valence-electron chi connectivity index (χ0n) is 5.96. The van der Waals surface area contributed by atoms with Crippen LogP contribution in [0.25, 0.3) is 4.83 Å².